The molecule has 3 N–H and O–H groups in total. The van der Waals surface area contributed by atoms with Gasteiger partial charge in [0.25, 0.3) is 0 Å². The quantitative estimate of drug-likeness (QED) is 0.728. The Morgan fingerprint density at radius 3 is 2.91 bits per heavy atom. The Morgan fingerprint density at radius 1 is 1.48 bits per heavy atom. The number of nitrogens with zero attached hydrogens (tertiary/aromatic N) is 4. The lowest BCUT2D eigenvalue weighted by atomic mass is 10.2. The van der Waals surface area contributed by atoms with Crippen molar-refractivity contribution < 1.29 is 19.7 Å². The maximum Gasteiger partial charge on any atom is 0.228 e. The molecule has 0 aromatic carbocycles. The molecule has 3 heterocycles. The third kappa shape index (κ3) is 2.90. The molecule has 0 aliphatic carbocycles. The third-order valence-electron chi connectivity index (χ3n) is 3.82. The second-order valence-electron chi connectivity index (χ2n) is 5.81. The first-order valence-electron chi connectivity index (χ1n) is 7.44. The number of hydrogen-bond acceptors (Lipinski definition) is 7. The van der Waals surface area contributed by atoms with E-state index in [0.717, 1.165) is 0 Å². The molecule has 0 radical (unpaired) electrons. The van der Waals surface area contributed by atoms with Gasteiger partial charge in [0.05, 0.1) is 19.0 Å². The first kappa shape index (κ1) is 15.8. The van der Waals surface area contributed by atoms with Gasteiger partial charge in [-0.3, -0.25) is 9.36 Å². The van der Waals surface area contributed by atoms with Crippen LogP contribution in [0.25, 0.3) is 11.2 Å². The highest BCUT2D eigenvalue weighted by Gasteiger charge is 2.35. The molecule has 3 atom stereocenters. The third-order valence-corrected chi connectivity index (χ3v) is 3.82. The number of anilines is 1. The number of nitrogens with one attached hydrogen (secondary N) is 1. The van der Waals surface area contributed by atoms with E-state index in [1.807, 2.05) is 0 Å². The summed E-state index contributed by atoms with van der Waals surface area (Å²) in [5, 5.41) is 21.8. The molecule has 1 amide bonds. The fourth-order valence-corrected chi connectivity index (χ4v) is 2.47. The Morgan fingerprint density at radius 2 is 2.26 bits per heavy atom. The molecule has 1 saturated heterocycles. The molecular formula is C14H19N5O4. The topological polar surface area (TPSA) is 122 Å². The van der Waals surface area contributed by atoms with E-state index in [9.17, 15) is 15.0 Å². The van der Waals surface area contributed by atoms with Crippen LogP contribution in [0.1, 0.15) is 26.5 Å². The van der Waals surface area contributed by atoms with Crippen molar-refractivity contribution in [2.75, 3.05) is 11.9 Å². The van der Waals surface area contributed by atoms with E-state index >= 15 is 0 Å². The molecule has 0 spiro atoms. The number of aliphatic hydroxyl groups excluding tert-OH is 2. The highest BCUT2D eigenvalue weighted by atomic mass is 16.5. The lowest BCUT2D eigenvalue weighted by Crippen LogP contribution is -2.24. The fourth-order valence-electron chi connectivity index (χ4n) is 2.47. The number of ether oxygens (including phenoxy) is 1. The minimum absolute atomic E-state index is 0.160. The highest BCUT2D eigenvalue weighted by molar-refractivity contribution is 5.97. The molecule has 23 heavy (non-hydrogen) atoms. The summed E-state index contributed by atoms with van der Waals surface area (Å²) in [4.78, 5) is 24.4. The monoisotopic (exact) mass is 321 g/mol. The van der Waals surface area contributed by atoms with Crippen LogP contribution >= 0.6 is 0 Å². The second kappa shape index (κ2) is 6.19. The summed E-state index contributed by atoms with van der Waals surface area (Å²) in [7, 11) is 0. The van der Waals surface area contributed by atoms with E-state index < -0.39 is 18.4 Å². The first-order valence-corrected chi connectivity index (χ1v) is 7.44. The molecule has 0 bridgehead atoms. The zero-order valence-corrected chi connectivity index (χ0v) is 12.9. The van der Waals surface area contributed by atoms with Crippen molar-refractivity contribution in [2.45, 2.75) is 38.7 Å². The van der Waals surface area contributed by atoms with Gasteiger partial charge in [-0.05, 0) is 0 Å². The van der Waals surface area contributed by atoms with Gasteiger partial charge in [-0.15, -0.1) is 0 Å². The molecule has 9 heteroatoms. The Labute approximate surface area is 132 Å². The van der Waals surface area contributed by atoms with Crippen LogP contribution in [0.15, 0.2) is 12.7 Å². The van der Waals surface area contributed by atoms with E-state index in [0.29, 0.717) is 23.4 Å². The highest BCUT2D eigenvalue weighted by Crippen LogP contribution is 2.31. The van der Waals surface area contributed by atoms with Crippen molar-refractivity contribution in [3.05, 3.63) is 12.7 Å². The molecule has 1 aliphatic heterocycles. The number of aliphatic hydroxyl groups is 2. The fraction of sp³-hybridized carbons (Fsp3) is 0.571. The van der Waals surface area contributed by atoms with Crippen LogP contribution in [0.4, 0.5) is 5.82 Å². The SMILES string of the molecule is CC(C)C(=O)Nc1ncnc2c1ncn2[C@H]1CC(O)[C@@H](CO)O1. The minimum atomic E-state index is -0.746. The standard InChI is InChI=1S/C14H19N5O4/c1-7(2)14(22)18-12-11-13(16-5-15-12)19(6-17-11)10-3-8(21)9(4-20)23-10/h5-10,20-21H,3-4H2,1-2H3,(H,15,16,18,22)/t8?,9-,10-/m1/s1. The zero-order valence-electron chi connectivity index (χ0n) is 12.9. The second-order valence-corrected chi connectivity index (χ2v) is 5.81. The number of imidazole rings is 1. The van der Waals surface area contributed by atoms with E-state index in [2.05, 4.69) is 20.3 Å². The predicted molar refractivity (Wildman–Crippen MR) is 80.4 cm³/mol. The van der Waals surface area contributed by atoms with Gasteiger partial charge in [-0.1, -0.05) is 13.8 Å². The molecule has 0 saturated carbocycles. The van der Waals surface area contributed by atoms with E-state index in [4.69, 9.17) is 4.74 Å². The van der Waals surface area contributed by atoms with Crippen molar-refractivity contribution in [1.82, 2.24) is 19.5 Å². The summed E-state index contributed by atoms with van der Waals surface area (Å²) >= 11 is 0. The van der Waals surface area contributed by atoms with Gasteiger partial charge in [-0.25, -0.2) is 15.0 Å². The predicted octanol–water partition coefficient (Wildman–Crippen LogP) is 0.0615. The van der Waals surface area contributed by atoms with Crippen molar-refractivity contribution in [1.29, 1.82) is 0 Å². The number of rotatable bonds is 4. The molecule has 3 rings (SSSR count). The molecule has 2 aromatic heterocycles. The van der Waals surface area contributed by atoms with Gasteiger partial charge in [-0.2, -0.15) is 0 Å². The zero-order chi connectivity index (χ0) is 16.6. The van der Waals surface area contributed by atoms with E-state index in [1.54, 1.807) is 18.4 Å². The van der Waals surface area contributed by atoms with Gasteiger partial charge in [0.1, 0.15) is 18.7 Å². The average molecular weight is 321 g/mol. The van der Waals surface area contributed by atoms with Crippen molar-refractivity contribution in [2.24, 2.45) is 5.92 Å². The average Bonchev–Trinajstić information content (AvgIpc) is 3.10. The van der Waals surface area contributed by atoms with Crippen LogP contribution in [-0.4, -0.2) is 54.5 Å². The molecule has 1 fully saturated rings. The summed E-state index contributed by atoms with van der Waals surface area (Å²) in [5.74, 6) is -0.00198. The van der Waals surface area contributed by atoms with Crippen LogP contribution in [-0.2, 0) is 9.53 Å². The van der Waals surface area contributed by atoms with E-state index in [-0.39, 0.29) is 18.4 Å². The largest absolute Gasteiger partial charge is 0.394 e. The maximum absolute atomic E-state index is 11.9. The van der Waals surface area contributed by atoms with Gasteiger partial charge in [0.15, 0.2) is 17.0 Å². The Balaban J connectivity index is 1.91. The van der Waals surface area contributed by atoms with Gasteiger partial charge in [0, 0.05) is 12.3 Å². The van der Waals surface area contributed by atoms with Crippen molar-refractivity contribution >= 4 is 22.9 Å². The summed E-state index contributed by atoms with van der Waals surface area (Å²) < 4.78 is 7.28. The number of aromatic nitrogens is 4. The first-order chi connectivity index (χ1) is 11.0. The van der Waals surface area contributed by atoms with Gasteiger partial charge >= 0.3 is 0 Å². The smallest absolute Gasteiger partial charge is 0.228 e. The summed E-state index contributed by atoms with van der Waals surface area (Å²) in [6.07, 6.45) is 1.35. The van der Waals surface area contributed by atoms with Gasteiger partial charge in [0.2, 0.25) is 5.91 Å². The van der Waals surface area contributed by atoms with Crippen LogP contribution in [0.3, 0.4) is 0 Å². The van der Waals surface area contributed by atoms with Crippen molar-refractivity contribution in [3.63, 3.8) is 0 Å². The van der Waals surface area contributed by atoms with Crippen LogP contribution in [0.5, 0.6) is 0 Å². The molecule has 1 unspecified atom stereocenters. The van der Waals surface area contributed by atoms with Crippen molar-refractivity contribution in [3.8, 4) is 0 Å². The van der Waals surface area contributed by atoms with E-state index in [1.165, 1.54) is 12.7 Å². The Hall–Kier alpha value is -2.10. The normalized spacial score (nSPS) is 24.5. The summed E-state index contributed by atoms with van der Waals surface area (Å²) in [5.41, 5.74) is 0.946. The number of amides is 1. The Bertz CT molecular complexity index is 716. The summed E-state index contributed by atoms with van der Waals surface area (Å²) in [6, 6.07) is 0. The number of carbonyl (C=O) groups is 1. The molecular weight excluding hydrogens is 302 g/mol. The maximum atomic E-state index is 11.9. The number of hydrogen-bond donors (Lipinski definition) is 3. The molecule has 1 aliphatic rings. The lowest BCUT2D eigenvalue weighted by Gasteiger charge is -2.13. The number of fused-ring (bicyclic) bond motifs is 1. The molecule has 9 nitrogen and oxygen atoms in total. The minimum Gasteiger partial charge on any atom is -0.394 e. The van der Waals surface area contributed by atoms with Crippen LogP contribution in [0, 0.1) is 5.92 Å². The van der Waals surface area contributed by atoms with Crippen LogP contribution < -0.4 is 5.32 Å². The lowest BCUT2D eigenvalue weighted by molar-refractivity contribution is -0.118. The number of carbonyl (C=O) groups excluding carboxylic acids is 1. The van der Waals surface area contributed by atoms with Gasteiger partial charge < -0.3 is 20.3 Å². The van der Waals surface area contributed by atoms with Crippen LogP contribution in [0.2, 0.25) is 0 Å². The Kier molecular flexibility index (Phi) is 4.24. The summed E-state index contributed by atoms with van der Waals surface area (Å²) in [6.45, 7) is 3.32. The molecule has 124 valence electrons. The molecule has 2 aromatic rings.